The van der Waals surface area contributed by atoms with Gasteiger partial charge in [-0.3, -0.25) is 0 Å². The molecule has 2 aliphatic carbocycles. The minimum atomic E-state index is 0.576. The molecule has 1 N–H and O–H groups in total. The lowest BCUT2D eigenvalue weighted by Crippen LogP contribution is -2.45. The second-order valence-electron chi connectivity index (χ2n) is 7.53. The maximum absolute atomic E-state index is 3.84. The van der Waals surface area contributed by atoms with Gasteiger partial charge in [0.2, 0.25) is 0 Å². The van der Waals surface area contributed by atoms with Gasteiger partial charge in [0.05, 0.1) is 0 Å². The molecule has 0 spiro atoms. The predicted octanol–water partition coefficient (Wildman–Crippen LogP) is 4.80. The van der Waals surface area contributed by atoms with Crippen LogP contribution in [-0.2, 0) is 0 Å². The van der Waals surface area contributed by atoms with Gasteiger partial charge in [-0.1, -0.05) is 56.0 Å². The van der Waals surface area contributed by atoms with Crippen molar-refractivity contribution in [2.24, 2.45) is 5.41 Å². The van der Waals surface area contributed by atoms with Crippen LogP contribution in [0.25, 0.3) is 0 Å². The van der Waals surface area contributed by atoms with Crippen LogP contribution in [0.5, 0.6) is 0 Å². The average molecular weight is 271 g/mol. The Kier molecular flexibility index (Phi) is 4.16. The first-order valence-corrected chi connectivity index (χ1v) is 8.45. The smallest absolute Gasteiger partial charge is 0.00789 e. The van der Waals surface area contributed by atoms with Crippen LogP contribution < -0.4 is 5.32 Å². The summed E-state index contributed by atoms with van der Waals surface area (Å²) in [5, 5.41) is 3.84. The second kappa shape index (κ2) is 5.89. The summed E-state index contributed by atoms with van der Waals surface area (Å²) in [6.07, 6.45) is 9.85. The molecule has 0 aliphatic heterocycles. The summed E-state index contributed by atoms with van der Waals surface area (Å²) in [5.74, 6) is 0.798. The number of hydrogen-bond acceptors (Lipinski definition) is 1. The topological polar surface area (TPSA) is 12.0 Å². The molecule has 1 aromatic rings. The van der Waals surface area contributed by atoms with E-state index < -0.39 is 0 Å². The molecule has 1 nitrogen and oxygen atoms in total. The van der Waals surface area contributed by atoms with E-state index in [1.165, 1.54) is 57.1 Å². The molecule has 2 fully saturated rings. The van der Waals surface area contributed by atoms with E-state index in [1.807, 2.05) is 0 Å². The van der Waals surface area contributed by atoms with Crippen LogP contribution in [0.2, 0.25) is 0 Å². The van der Waals surface area contributed by atoms with Gasteiger partial charge in [0.25, 0.3) is 0 Å². The van der Waals surface area contributed by atoms with Crippen LogP contribution in [0.3, 0.4) is 0 Å². The van der Waals surface area contributed by atoms with E-state index in [1.54, 1.807) is 5.56 Å². The summed E-state index contributed by atoms with van der Waals surface area (Å²) in [4.78, 5) is 0. The first-order valence-electron chi connectivity index (χ1n) is 8.45. The van der Waals surface area contributed by atoms with Crippen molar-refractivity contribution in [2.45, 2.75) is 70.8 Å². The number of benzene rings is 1. The molecule has 0 aromatic heterocycles. The van der Waals surface area contributed by atoms with Gasteiger partial charge < -0.3 is 5.32 Å². The van der Waals surface area contributed by atoms with Crippen molar-refractivity contribution in [3.05, 3.63) is 35.4 Å². The molecule has 2 aliphatic rings. The Bertz CT molecular complexity index is 439. The van der Waals surface area contributed by atoms with Gasteiger partial charge >= 0.3 is 0 Å². The van der Waals surface area contributed by atoms with Gasteiger partial charge in [-0.15, -0.1) is 0 Å². The quantitative estimate of drug-likeness (QED) is 0.829. The van der Waals surface area contributed by atoms with Crippen molar-refractivity contribution in [2.75, 3.05) is 6.54 Å². The van der Waals surface area contributed by atoms with Gasteiger partial charge in [0.1, 0.15) is 0 Å². The molecule has 0 bridgehead atoms. The number of nitrogens with one attached hydrogen (secondary N) is 1. The molecule has 1 heteroatoms. The molecule has 2 saturated carbocycles. The van der Waals surface area contributed by atoms with Crippen LogP contribution in [-0.4, -0.2) is 12.6 Å². The fraction of sp³-hybridized carbons (Fsp3) is 0.684. The zero-order valence-electron chi connectivity index (χ0n) is 13.1. The van der Waals surface area contributed by atoms with E-state index in [2.05, 4.69) is 43.4 Å². The molecule has 20 heavy (non-hydrogen) atoms. The van der Waals surface area contributed by atoms with Crippen molar-refractivity contribution >= 4 is 0 Å². The summed E-state index contributed by atoms with van der Waals surface area (Å²) in [6, 6.07) is 9.83. The van der Waals surface area contributed by atoms with Crippen LogP contribution in [0, 0.1) is 12.3 Å². The summed E-state index contributed by atoms with van der Waals surface area (Å²) >= 11 is 0. The summed E-state index contributed by atoms with van der Waals surface area (Å²) in [5.41, 5.74) is 3.52. The van der Waals surface area contributed by atoms with Crippen molar-refractivity contribution in [1.82, 2.24) is 5.32 Å². The zero-order chi connectivity index (χ0) is 14.0. The molecule has 1 aromatic carbocycles. The lowest BCUT2D eigenvalue weighted by molar-refractivity contribution is 0.178. The van der Waals surface area contributed by atoms with Crippen LogP contribution in [0.4, 0.5) is 0 Å². The van der Waals surface area contributed by atoms with E-state index in [-0.39, 0.29) is 0 Å². The molecule has 0 saturated heterocycles. The molecular weight excluding hydrogens is 242 g/mol. The van der Waals surface area contributed by atoms with E-state index >= 15 is 0 Å². The van der Waals surface area contributed by atoms with Crippen LogP contribution in [0.1, 0.15) is 68.9 Å². The van der Waals surface area contributed by atoms with Gasteiger partial charge in [0.15, 0.2) is 0 Å². The number of rotatable bonds is 4. The standard InChI is InChI=1S/C19H29N/c1-15-7-6-8-16(11-15)17-12-18(13-17)20-14-19(2)9-4-3-5-10-19/h6-8,11,17-18,20H,3-5,9-10,12-14H2,1-2H3. The molecular formula is C19H29N. The molecule has 0 unspecified atom stereocenters. The Balaban J connectivity index is 1.44. The molecule has 0 radical (unpaired) electrons. The fourth-order valence-electron chi connectivity index (χ4n) is 3.95. The van der Waals surface area contributed by atoms with Gasteiger partial charge in [-0.2, -0.15) is 0 Å². The highest BCUT2D eigenvalue weighted by Crippen LogP contribution is 2.39. The highest BCUT2D eigenvalue weighted by molar-refractivity contribution is 5.27. The maximum atomic E-state index is 3.84. The highest BCUT2D eigenvalue weighted by atomic mass is 14.9. The first-order chi connectivity index (χ1) is 9.65. The zero-order valence-corrected chi connectivity index (χ0v) is 13.1. The maximum Gasteiger partial charge on any atom is 0.00789 e. The molecule has 3 rings (SSSR count). The Hall–Kier alpha value is -0.820. The van der Waals surface area contributed by atoms with Gasteiger partial charge in [0, 0.05) is 12.6 Å². The molecule has 0 atom stereocenters. The lowest BCUT2D eigenvalue weighted by atomic mass is 9.73. The predicted molar refractivity (Wildman–Crippen MR) is 86.1 cm³/mol. The first kappa shape index (κ1) is 14.1. The third-order valence-corrected chi connectivity index (χ3v) is 5.53. The lowest BCUT2D eigenvalue weighted by Gasteiger charge is -2.41. The Morgan fingerprint density at radius 3 is 2.60 bits per heavy atom. The monoisotopic (exact) mass is 271 g/mol. The molecule has 0 amide bonds. The largest absolute Gasteiger partial charge is 0.313 e. The minimum Gasteiger partial charge on any atom is -0.313 e. The van der Waals surface area contributed by atoms with Crippen molar-refractivity contribution in [3.63, 3.8) is 0 Å². The van der Waals surface area contributed by atoms with Crippen LogP contribution >= 0.6 is 0 Å². The van der Waals surface area contributed by atoms with E-state index in [0.29, 0.717) is 5.41 Å². The van der Waals surface area contributed by atoms with E-state index in [4.69, 9.17) is 0 Å². The van der Waals surface area contributed by atoms with Gasteiger partial charge in [-0.05, 0) is 49.5 Å². The van der Waals surface area contributed by atoms with Gasteiger partial charge in [-0.25, -0.2) is 0 Å². The fourth-order valence-corrected chi connectivity index (χ4v) is 3.95. The summed E-state index contributed by atoms with van der Waals surface area (Å²) < 4.78 is 0. The van der Waals surface area contributed by atoms with Crippen molar-refractivity contribution in [3.8, 4) is 0 Å². The SMILES string of the molecule is Cc1cccc(C2CC(NCC3(C)CCCCC3)C2)c1. The normalized spacial score (nSPS) is 28.9. The third kappa shape index (κ3) is 3.25. The van der Waals surface area contributed by atoms with Crippen LogP contribution in [0.15, 0.2) is 24.3 Å². The molecule has 110 valence electrons. The number of hydrogen-bond donors (Lipinski definition) is 1. The summed E-state index contributed by atoms with van der Waals surface area (Å²) in [6.45, 7) is 5.91. The third-order valence-electron chi connectivity index (χ3n) is 5.53. The highest BCUT2D eigenvalue weighted by Gasteiger charge is 2.33. The average Bonchev–Trinajstić information content (AvgIpc) is 2.38. The minimum absolute atomic E-state index is 0.576. The Morgan fingerprint density at radius 2 is 1.90 bits per heavy atom. The van der Waals surface area contributed by atoms with Crippen molar-refractivity contribution < 1.29 is 0 Å². The Labute approximate surface area is 124 Å². The van der Waals surface area contributed by atoms with Crippen molar-refractivity contribution in [1.29, 1.82) is 0 Å². The van der Waals surface area contributed by atoms with E-state index in [9.17, 15) is 0 Å². The number of aryl methyl sites for hydroxylation is 1. The second-order valence-corrected chi connectivity index (χ2v) is 7.53. The Morgan fingerprint density at radius 1 is 1.15 bits per heavy atom. The summed E-state index contributed by atoms with van der Waals surface area (Å²) in [7, 11) is 0. The van der Waals surface area contributed by atoms with E-state index in [0.717, 1.165) is 12.0 Å². The molecule has 0 heterocycles.